The number of carbonyl (C=O) groups is 2. The van der Waals surface area contributed by atoms with Gasteiger partial charge in [-0.15, -0.1) is 0 Å². The van der Waals surface area contributed by atoms with Crippen molar-refractivity contribution in [1.82, 2.24) is 0 Å². The Hall–Kier alpha value is -4.78. The lowest BCUT2D eigenvalue weighted by Gasteiger charge is -2.16. The third-order valence-corrected chi connectivity index (χ3v) is 6.23. The Morgan fingerprint density at radius 2 is 1.83 bits per heavy atom. The molecule has 1 N–H and O–H groups in total. The molecule has 2 aromatic heterocycles. The first-order valence-electron chi connectivity index (χ1n) is 11.6. The summed E-state index contributed by atoms with van der Waals surface area (Å²) in [5, 5.41) is 5.11. The molecule has 36 heavy (non-hydrogen) atoms. The fourth-order valence-corrected chi connectivity index (χ4v) is 4.41. The summed E-state index contributed by atoms with van der Waals surface area (Å²) >= 11 is 0. The van der Waals surface area contributed by atoms with Crippen molar-refractivity contribution in [2.75, 3.05) is 16.8 Å². The van der Waals surface area contributed by atoms with Gasteiger partial charge in [0.05, 0.1) is 11.8 Å². The Kier molecular flexibility index (Phi) is 5.50. The van der Waals surface area contributed by atoms with Crippen LogP contribution in [0.25, 0.3) is 10.8 Å². The first-order chi connectivity index (χ1) is 17.6. The highest BCUT2D eigenvalue weighted by atomic mass is 16.5. The van der Waals surface area contributed by atoms with E-state index in [2.05, 4.69) is 5.32 Å². The molecule has 0 fully saturated rings. The minimum absolute atomic E-state index is 0.103. The summed E-state index contributed by atoms with van der Waals surface area (Å²) in [6.07, 6.45) is 3.64. The zero-order chi connectivity index (χ0) is 24.5. The summed E-state index contributed by atoms with van der Waals surface area (Å²) in [4.78, 5) is 27.2. The molecule has 0 spiro atoms. The zero-order valence-corrected chi connectivity index (χ0v) is 19.3. The van der Waals surface area contributed by atoms with E-state index in [4.69, 9.17) is 13.6 Å². The number of nitrogens with zero attached hydrogens (tertiary/aromatic N) is 1. The predicted molar refractivity (Wildman–Crippen MR) is 135 cm³/mol. The highest BCUT2D eigenvalue weighted by molar-refractivity contribution is 6.07. The number of ether oxygens (including phenoxy) is 1. The number of rotatable bonds is 6. The minimum Gasteiger partial charge on any atom is -0.486 e. The van der Waals surface area contributed by atoms with Gasteiger partial charge in [-0.25, -0.2) is 0 Å². The van der Waals surface area contributed by atoms with Crippen LogP contribution in [-0.2, 0) is 13.0 Å². The van der Waals surface area contributed by atoms with Crippen LogP contribution in [0.2, 0.25) is 0 Å². The number of hydrogen-bond acceptors (Lipinski definition) is 5. The summed E-state index contributed by atoms with van der Waals surface area (Å²) in [7, 11) is 0. The normalized spacial score (nSPS) is 12.5. The van der Waals surface area contributed by atoms with Gasteiger partial charge in [-0.2, -0.15) is 0 Å². The zero-order valence-electron chi connectivity index (χ0n) is 19.3. The van der Waals surface area contributed by atoms with Crippen LogP contribution in [0.5, 0.6) is 5.75 Å². The van der Waals surface area contributed by atoms with Crippen molar-refractivity contribution in [3.63, 3.8) is 0 Å². The van der Waals surface area contributed by atoms with Crippen molar-refractivity contribution >= 4 is 34.0 Å². The van der Waals surface area contributed by atoms with E-state index in [0.717, 1.165) is 27.8 Å². The van der Waals surface area contributed by atoms with E-state index < -0.39 is 0 Å². The Balaban J connectivity index is 1.09. The van der Waals surface area contributed by atoms with Crippen molar-refractivity contribution < 1.29 is 23.2 Å². The Bertz CT molecular complexity index is 1570. The molecular weight excluding hydrogens is 456 g/mol. The number of amides is 2. The van der Waals surface area contributed by atoms with Gasteiger partial charge in [0.15, 0.2) is 5.76 Å². The fraction of sp³-hybridized carbons (Fsp3) is 0.103. The number of hydrogen-bond donors (Lipinski definition) is 1. The van der Waals surface area contributed by atoms with Gasteiger partial charge in [0, 0.05) is 17.9 Å². The summed E-state index contributed by atoms with van der Waals surface area (Å²) < 4.78 is 16.6. The van der Waals surface area contributed by atoms with Crippen LogP contribution in [-0.4, -0.2) is 18.4 Å². The molecule has 0 atom stereocenters. The lowest BCUT2D eigenvalue weighted by molar-refractivity contribution is 0.0982. The molecule has 0 saturated heterocycles. The molecule has 6 rings (SSSR count). The average Bonchev–Trinajstić information content (AvgIpc) is 3.68. The van der Waals surface area contributed by atoms with Crippen molar-refractivity contribution in [3.05, 3.63) is 114 Å². The molecule has 7 nitrogen and oxygen atoms in total. The lowest BCUT2D eigenvalue weighted by Crippen LogP contribution is -2.28. The van der Waals surface area contributed by atoms with Gasteiger partial charge in [-0.3, -0.25) is 9.59 Å². The molecule has 0 saturated carbocycles. The number of fused-ring (bicyclic) bond motifs is 2. The Morgan fingerprint density at radius 3 is 2.69 bits per heavy atom. The van der Waals surface area contributed by atoms with Crippen LogP contribution in [0.3, 0.4) is 0 Å². The van der Waals surface area contributed by atoms with Crippen LogP contribution in [0.1, 0.15) is 32.2 Å². The molecule has 1 aliphatic heterocycles. The maximum Gasteiger partial charge on any atom is 0.291 e. The monoisotopic (exact) mass is 478 g/mol. The molecule has 0 unspecified atom stereocenters. The number of benzene rings is 3. The molecular formula is C29H22N2O5. The molecule has 178 valence electrons. The first kappa shape index (κ1) is 21.7. The van der Waals surface area contributed by atoms with E-state index in [1.54, 1.807) is 29.2 Å². The van der Waals surface area contributed by atoms with Crippen molar-refractivity contribution in [1.29, 1.82) is 0 Å². The van der Waals surface area contributed by atoms with Crippen LogP contribution >= 0.6 is 0 Å². The van der Waals surface area contributed by atoms with E-state index in [1.165, 1.54) is 12.5 Å². The number of furan rings is 2. The second-order valence-electron chi connectivity index (χ2n) is 8.58. The van der Waals surface area contributed by atoms with Crippen LogP contribution in [0, 0.1) is 0 Å². The molecule has 3 heterocycles. The maximum absolute atomic E-state index is 12.8. The van der Waals surface area contributed by atoms with E-state index >= 15 is 0 Å². The Morgan fingerprint density at radius 1 is 0.944 bits per heavy atom. The summed E-state index contributed by atoms with van der Waals surface area (Å²) in [5.74, 6) is 1.03. The van der Waals surface area contributed by atoms with Gasteiger partial charge in [-0.05, 0) is 71.3 Å². The standard InChI is InChI=1S/C29H22N2O5/c32-28(27-10-8-25(36-27)18-35-24-7-5-19-3-1-2-4-20(19)16-24)30-23-6-9-26-21(15-23)11-13-31(26)29(33)22-12-14-34-17-22/h1-10,12,14-17H,11,13,18H2,(H,30,32). The second kappa shape index (κ2) is 9.11. The average molecular weight is 479 g/mol. The largest absolute Gasteiger partial charge is 0.486 e. The summed E-state index contributed by atoms with van der Waals surface area (Å²) in [5.41, 5.74) is 2.99. The molecule has 0 aliphatic carbocycles. The molecule has 0 radical (unpaired) electrons. The third-order valence-electron chi connectivity index (χ3n) is 6.23. The number of anilines is 2. The molecule has 3 aromatic carbocycles. The van der Waals surface area contributed by atoms with Crippen molar-refractivity contribution in [2.45, 2.75) is 13.0 Å². The van der Waals surface area contributed by atoms with Crippen molar-refractivity contribution in [3.8, 4) is 5.75 Å². The highest BCUT2D eigenvalue weighted by Gasteiger charge is 2.26. The lowest BCUT2D eigenvalue weighted by atomic mass is 10.1. The topological polar surface area (TPSA) is 84.9 Å². The third kappa shape index (κ3) is 4.22. The fourth-order valence-electron chi connectivity index (χ4n) is 4.41. The first-order valence-corrected chi connectivity index (χ1v) is 11.6. The molecule has 2 amide bonds. The summed E-state index contributed by atoms with van der Waals surface area (Å²) in [6.45, 7) is 0.792. The maximum atomic E-state index is 12.8. The number of nitrogens with one attached hydrogen (secondary N) is 1. The van der Waals surface area contributed by atoms with Gasteiger partial charge >= 0.3 is 0 Å². The van der Waals surface area contributed by atoms with Crippen molar-refractivity contribution in [2.24, 2.45) is 0 Å². The van der Waals surface area contributed by atoms with E-state index in [9.17, 15) is 9.59 Å². The molecule has 5 aromatic rings. The van der Waals surface area contributed by atoms with E-state index in [1.807, 2.05) is 54.6 Å². The highest BCUT2D eigenvalue weighted by Crippen LogP contribution is 2.32. The van der Waals surface area contributed by atoms with Gasteiger partial charge in [0.1, 0.15) is 24.4 Å². The predicted octanol–water partition coefficient (Wildman–Crippen LogP) is 6.06. The molecule has 0 bridgehead atoms. The van der Waals surface area contributed by atoms with Gasteiger partial charge < -0.3 is 23.8 Å². The van der Waals surface area contributed by atoms with Crippen LogP contribution < -0.4 is 15.0 Å². The SMILES string of the molecule is O=C(Nc1ccc2c(c1)CCN2C(=O)c1ccoc1)c1ccc(COc2ccc3ccccc3c2)o1. The van der Waals surface area contributed by atoms with Gasteiger partial charge in [0.25, 0.3) is 11.8 Å². The summed E-state index contributed by atoms with van der Waals surface area (Å²) in [6, 6.07) is 24.5. The van der Waals surface area contributed by atoms with Gasteiger partial charge in [0.2, 0.25) is 0 Å². The van der Waals surface area contributed by atoms with Gasteiger partial charge in [-0.1, -0.05) is 30.3 Å². The molecule has 7 heteroatoms. The van der Waals surface area contributed by atoms with Crippen LogP contribution in [0.4, 0.5) is 11.4 Å². The van der Waals surface area contributed by atoms with Crippen LogP contribution in [0.15, 0.2) is 100 Å². The second-order valence-corrected chi connectivity index (χ2v) is 8.58. The number of carbonyl (C=O) groups excluding carboxylic acids is 2. The molecule has 1 aliphatic rings. The van der Waals surface area contributed by atoms with E-state index in [0.29, 0.717) is 30.0 Å². The minimum atomic E-state index is -0.351. The quantitative estimate of drug-likeness (QED) is 0.321. The Labute approximate surface area is 206 Å². The van der Waals surface area contributed by atoms with E-state index in [-0.39, 0.29) is 24.2 Å². The smallest absolute Gasteiger partial charge is 0.291 e.